The van der Waals surface area contributed by atoms with Gasteiger partial charge in [0, 0.05) is 12.1 Å². The summed E-state index contributed by atoms with van der Waals surface area (Å²) in [6.07, 6.45) is -24.0. The molecule has 0 unspecified atom stereocenters. The van der Waals surface area contributed by atoms with Gasteiger partial charge in [0.1, 0.15) is 89.6 Å². The standard InChI is InChI=1S/C34H44O18/c1-12-23(37)26(40)29(43)32(47-12)46-11-21-25(39)28(42)31(52-33-30(44)27(41)24(38)13(2)48-33)34(51-21)49-16-8-17(35)22-18(36)10-19(50-20(22)9-16)14-4-6-15(45-3)7-5-14/h4-9,12-13,19,21,23-35,37-44H,10-11H2,1-3H3/t12-,13-,19-,21+,23-,24-,25+,26+,27+,28-,29+,30+,31+,32+,33-,34+/m0/s1. The summed E-state index contributed by atoms with van der Waals surface area (Å²) in [4.78, 5) is 13.1. The highest BCUT2D eigenvalue weighted by Gasteiger charge is 2.52. The quantitative estimate of drug-likeness (QED) is 0.134. The fraction of sp³-hybridized carbons (Fsp3) is 0.618. The third kappa shape index (κ3) is 7.58. The third-order valence-electron chi connectivity index (χ3n) is 9.69. The first-order valence-corrected chi connectivity index (χ1v) is 16.7. The van der Waals surface area contributed by atoms with E-state index < -0.39 is 116 Å². The number of phenols is 1. The highest BCUT2D eigenvalue weighted by Crippen LogP contribution is 2.43. The van der Waals surface area contributed by atoms with Crippen molar-refractivity contribution < 1.29 is 88.6 Å². The van der Waals surface area contributed by atoms with Gasteiger partial charge in [-0.2, -0.15) is 0 Å². The summed E-state index contributed by atoms with van der Waals surface area (Å²) in [5, 5.41) is 95.0. The molecule has 288 valence electrons. The van der Waals surface area contributed by atoms with Crippen molar-refractivity contribution in [2.45, 2.75) is 118 Å². The number of hydrogen-bond acceptors (Lipinski definition) is 18. The van der Waals surface area contributed by atoms with Crippen molar-refractivity contribution in [2.24, 2.45) is 0 Å². The molecule has 3 saturated heterocycles. The summed E-state index contributed by atoms with van der Waals surface area (Å²) in [5.41, 5.74) is 0.565. The Morgan fingerprint density at radius 2 is 1.33 bits per heavy atom. The van der Waals surface area contributed by atoms with Crippen LogP contribution in [-0.4, -0.2) is 158 Å². The first kappa shape index (κ1) is 38.5. The number of carbonyl (C=O) groups excluding carboxylic acids is 1. The van der Waals surface area contributed by atoms with Crippen LogP contribution in [0.25, 0.3) is 0 Å². The lowest BCUT2D eigenvalue weighted by Gasteiger charge is -2.46. The number of fused-ring (bicyclic) bond motifs is 1. The van der Waals surface area contributed by atoms with Crippen molar-refractivity contribution in [1.82, 2.24) is 0 Å². The summed E-state index contributed by atoms with van der Waals surface area (Å²) in [6, 6.07) is 9.28. The molecule has 18 heteroatoms. The van der Waals surface area contributed by atoms with Crippen molar-refractivity contribution in [2.75, 3.05) is 13.7 Å². The maximum absolute atomic E-state index is 13.1. The van der Waals surface area contributed by atoms with Gasteiger partial charge in [-0.1, -0.05) is 12.1 Å². The molecule has 0 radical (unpaired) electrons. The Kier molecular flexibility index (Phi) is 11.6. The molecular weight excluding hydrogens is 696 g/mol. The van der Waals surface area contributed by atoms with Crippen LogP contribution in [0, 0.1) is 0 Å². The van der Waals surface area contributed by atoms with Gasteiger partial charge in [0.15, 0.2) is 24.5 Å². The smallest absolute Gasteiger partial charge is 0.229 e. The molecule has 6 rings (SSSR count). The van der Waals surface area contributed by atoms with Crippen molar-refractivity contribution in [1.29, 1.82) is 0 Å². The Bertz CT molecular complexity index is 1540. The second-order valence-corrected chi connectivity index (χ2v) is 13.3. The van der Waals surface area contributed by atoms with Crippen LogP contribution in [0.15, 0.2) is 36.4 Å². The lowest BCUT2D eigenvalue weighted by molar-refractivity contribution is -0.360. The number of benzene rings is 2. The van der Waals surface area contributed by atoms with Gasteiger partial charge in [0.2, 0.25) is 6.29 Å². The Morgan fingerprint density at radius 1 is 0.712 bits per heavy atom. The zero-order valence-corrected chi connectivity index (χ0v) is 28.3. The van der Waals surface area contributed by atoms with E-state index in [0.29, 0.717) is 11.3 Å². The van der Waals surface area contributed by atoms with E-state index in [2.05, 4.69) is 0 Å². The topological polar surface area (TPSA) is 273 Å². The minimum absolute atomic E-state index is 0.0314. The summed E-state index contributed by atoms with van der Waals surface area (Å²) in [6.45, 7) is 2.29. The molecule has 4 aliphatic rings. The highest BCUT2D eigenvalue weighted by molar-refractivity contribution is 6.02. The molecule has 2 aromatic rings. The number of aliphatic hydroxyl groups excluding tert-OH is 8. The molecule has 2 aromatic carbocycles. The van der Waals surface area contributed by atoms with Gasteiger partial charge in [-0.05, 0) is 31.5 Å². The number of hydrogen-bond donors (Lipinski definition) is 9. The molecule has 0 saturated carbocycles. The fourth-order valence-electron chi connectivity index (χ4n) is 6.53. The van der Waals surface area contributed by atoms with E-state index in [0.717, 1.165) is 6.07 Å². The van der Waals surface area contributed by atoms with Crippen LogP contribution in [0.1, 0.15) is 42.3 Å². The summed E-state index contributed by atoms with van der Waals surface area (Å²) >= 11 is 0. The van der Waals surface area contributed by atoms with E-state index in [1.807, 2.05) is 0 Å². The molecule has 4 aliphatic heterocycles. The van der Waals surface area contributed by atoms with Gasteiger partial charge in [-0.15, -0.1) is 0 Å². The van der Waals surface area contributed by atoms with Crippen molar-refractivity contribution >= 4 is 5.78 Å². The van der Waals surface area contributed by atoms with Crippen LogP contribution in [0.2, 0.25) is 0 Å². The van der Waals surface area contributed by atoms with E-state index in [4.69, 9.17) is 37.9 Å². The summed E-state index contributed by atoms with van der Waals surface area (Å²) in [7, 11) is 1.52. The summed E-state index contributed by atoms with van der Waals surface area (Å²) in [5.74, 6) is -0.480. The number of rotatable bonds is 9. The number of Topliss-reactive ketones (excluding diaryl/α,β-unsaturated/α-hetero) is 1. The molecule has 9 N–H and O–H groups in total. The highest BCUT2D eigenvalue weighted by atomic mass is 16.8. The van der Waals surface area contributed by atoms with Crippen LogP contribution in [0.3, 0.4) is 0 Å². The van der Waals surface area contributed by atoms with Crippen LogP contribution in [-0.2, 0) is 23.7 Å². The lowest BCUT2D eigenvalue weighted by Crippen LogP contribution is -2.65. The van der Waals surface area contributed by atoms with E-state index >= 15 is 0 Å². The predicted octanol–water partition coefficient (Wildman–Crippen LogP) is -2.01. The molecule has 0 bridgehead atoms. The van der Waals surface area contributed by atoms with E-state index in [1.54, 1.807) is 24.3 Å². The van der Waals surface area contributed by atoms with Gasteiger partial charge in [0.05, 0.1) is 32.3 Å². The molecule has 0 aliphatic carbocycles. The Hall–Kier alpha value is -3.21. The molecule has 52 heavy (non-hydrogen) atoms. The fourth-order valence-corrected chi connectivity index (χ4v) is 6.53. The molecule has 0 spiro atoms. The van der Waals surface area contributed by atoms with Gasteiger partial charge in [-0.3, -0.25) is 4.79 Å². The van der Waals surface area contributed by atoms with Crippen LogP contribution in [0.5, 0.6) is 23.0 Å². The third-order valence-corrected chi connectivity index (χ3v) is 9.69. The van der Waals surface area contributed by atoms with Crippen LogP contribution in [0.4, 0.5) is 0 Å². The largest absolute Gasteiger partial charge is 0.507 e. The van der Waals surface area contributed by atoms with Gasteiger partial charge < -0.3 is 83.9 Å². The molecule has 16 atom stereocenters. The zero-order valence-electron chi connectivity index (χ0n) is 28.3. The number of ether oxygens (including phenoxy) is 8. The Labute approximate surface area is 297 Å². The number of carbonyl (C=O) groups is 1. The number of aromatic hydroxyl groups is 1. The maximum atomic E-state index is 13.1. The SMILES string of the molecule is COc1ccc([C@@H]2CC(=O)c3c(O)cc(O[C@@H]4O[C@H](CO[C@@H]5O[C@@H](C)[C@H](O)[C@@H](O)[C@H]5O)[C@@H](O)[C@H](O)[C@H]4O[C@@H]4O[C@@H](C)[C@H](O)[C@@H](O)[C@H]4O)cc3O2)cc1. The van der Waals surface area contributed by atoms with Gasteiger partial charge in [0.25, 0.3) is 0 Å². The normalized spacial score (nSPS) is 40.8. The van der Waals surface area contributed by atoms with E-state index in [-0.39, 0.29) is 23.5 Å². The van der Waals surface area contributed by atoms with Crippen LogP contribution < -0.4 is 14.2 Å². The van der Waals surface area contributed by atoms with Gasteiger partial charge >= 0.3 is 0 Å². The van der Waals surface area contributed by atoms with Crippen molar-refractivity contribution in [3.63, 3.8) is 0 Å². The van der Waals surface area contributed by atoms with Crippen molar-refractivity contribution in [3.8, 4) is 23.0 Å². The number of ketones is 1. The van der Waals surface area contributed by atoms with E-state index in [1.165, 1.54) is 27.0 Å². The number of aliphatic hydroxyl groups is 8. The predicted molar refractivity (Wildman–Crippen MR) is 170 cm³/mol. The molecule has 3 fully saturated rings. The molecule has 18 nitrogen and oxygen atoms in total. The maximum Gasteiger partial charge on any atom is 0.229 e. The number of methoxy groups -OCH3 is 1. The zero-order chi connectivity index (χ0) is 37.6. The van der Waals surface area contributed by atoms with Crippen molar-refractivity contribution in [3.05, 3.63) is 47.5 Å². The molecule has 0 amide bonds. The molecule has 0 aromatic heterocycles. The lowest BCUT2D eigenvalue weighted by atomic mass is 9.95. The van der Waals surface area contributed by atoms with Gasteiger partial charge in [-0.25, -0.2) is 0 Å². The van der Waals surface area contributed by atoms with E-state index in [9.17, 15) is 50.8 Å². The second-order valence-electron chi connectivity index (χ2n) is 13.3. The number of phenolic OH excluding ortho intramolecular Hbond substituents is 1. The van der Waals surface area contributed by atoms with Crippen LogP contribution >= 0.6 is 0 Å². The average molecular weight is 741 g/mol. The monoisotopic (exact) mass is 740 g/mol. The second kappa shape index (κ2) is 15.6. The average Bonchev–Trinajstić information content (AvgIpc) is 3.12. The minimum Gasteiger partial charge on any atom is -0.507 e. The Morgan fingerprint density at radius 3 is 1.96 bits per heavy atom. The first-order valence-electron chi connectivity index (χ1n) is 16.7. The molecular formula is C34H44O18. The summed E-state index contributed by atoms with van der Waals surface area (Å²) < 4.78 is 45.7. The first-order chi connectivity index (χ1) is 24.7. The Balaban J connectivity index is 1.26. The molecule has 4 heterocycles. The minimum atomic E-state index is -1.87.